The standard InChI is InChI=1S/C12H23NS/c1-12(2)11(5-8-14-12)9-10-3-6-13-7-4-10/h10-11,13H,3-9H2,1-2H3. The predicted octanol–water partition coefficient (Wildman–Crippen LogP) is 2.91. The molecule has 2 fully saturated rings. The quantitative estimate of drug-likeness (QED) is 0.757. The summed E-state index contributed by atoms with van der Waals surface area (Å²) in [7, 11) is 0. The minimum absolute atomic E-state index is 0.560. The Bertz CT molecular complexity index is 185. The van der Waals surface area contributed by atoms with Gasteiger partial charge in [0.25, 0.3) is 0 Å². The fraction of sp³-hybridized carbons (Fsp3) is 1.00. The lowest BCUT2D eigenvalue weighted by atomic mass is 9.81. The molecule has 1 atom stereocenters. The zero-order valence-electron chi connectivity index (χ0n) is 9.51. The van der Waals surface area contributed by atoms with Crippen LogP contribution < -0.4 is 5.32 Å². The summed E-state index contributed by atoms with van der Waals surface area (Å²) in [6.45, 7) is 7.39. The number of hydrogen-bond donors (Lipinski definition) is 1. The van der Waals surface area contributed by atoms with E-state index in [1.807, 2.05) is 0 Å². The van der Waals surface area contributed by atoms with Gasteiger partial charge in [-0.2, -0.15) is 11.8 Å². The Morgan fingerprint density at radius 1 is 1.21 bits per heavy atom. The molecule has 1 N–H and O–H groups in total. The Kier molecular flexibility index (Phi) is 3.43. The Morgan fingerprint density at radius 2 is 1.93 bits per heavy atom. The first-order valence-electron chi connectivity index (χ1n) is 6.03. The number of thioether (sulfide) groups is 1. The maximum Gasteiger partial charge on any atom is 0.0132 e. The smallest absolute Gasteiger partial charge is 0.0132 e. The summed E-state index contributed by atoms with van der Waals surface area (Å²) in [5.41, 5.74) is 0. The maximum atomic E-state index is 3.46. The minimum Gasteiger partial charge on any atom is -0.317 e. The van der Waals surface area contributed by atoms with E-state index in [0.717, 1.165) is 11.8 Å². The molecule has 2 aliphatic rings. The van der Waals surface area contributed by atoms with Gasteiger partial charge in [0.1, 0.15) is 0 Å². The molecule has 2 saturated heterocycles. The van der Waals surface area contributed by atoms with Crippen molar-refractivity contribution in [1.29, 1.82) is 0 Å². The molecule has 2 rings (SSSR count). The lowest BCUT2D eigenvalue weighted by Gasteiger charge is -2.31. The van der Waals surface area contributed by atoms with Crippen molar-refractivity contribution in [2.45, 2.75) is 44.3 Å². The fourth-order valence-electron chi connectivity index (χ4n) is 2.85. The molecule has 2 heteroatoms. The molecule has 1 unspecified atom stereocenters. The van der Waals surface area contributed by atoms with Gasteiger partial charge in [0, 0.05) is 4.75 Å². The highest BCUT2D eigenvalue weighted by atomic mass is 32.2. The van der Waals surface area contributed by atoms with Crippen molar-refractivity contribution in [3.05, 3.63) is 0 Å². The van der Waals surface area contributed by atoms with Gasteiger partial charge < -0.3 is 5.32 Å². The number of nitrogens with one attached hydrogen (secondary N) is 1. The van der Waals surface area contributed by atoms with Gasteiger partial charge in [-0.1, -0.05) is 13.8 Å². The van der Waals surface area contributed by atoms with Crippen molar-refractivity contribution in [1.82, 2.24) is 5.32 Å². The Hall–Kier alpha value is 0.310. The van der Waals surface area contributed by atoms with Crippen LogP contribution in [0.1, 0.15) is 39.5 Å². The molecule has 0 saturated carbocycles. The van der Waals surface area contributed by atoms with Crippen molar-refractivity contribution in [3.63, 3.8) is 0 Å². The largest absolute Gasteiger partial charge is 0.317 e. The molecular weight excluding hydrogens is 190 g/mol. The van der Waals surface area contributed by atoms with Crippen LogP contribution >= 0.6 is 11.8 Å². The van der Waals surface area contributed by atoms with E-state index in [-0.39, 0.29) is 0 Å². The van der Waals surface area contributed by atoms with Gasteiger partial charge in [-0.05, 0) is 56.4 Å². The molecule has 0 amide bonds. The van der Waals surface area contributed by atoms with E-state index >= 15 is 0 Å². The summed E-state index contributed by atoms with van der Waals surface area (Å²) < 4.78 is 0.560. The molecule has 0 aromatic heterocycles. The van der Waals surface area contributed by atoms with Crippen LogP contribution in [-0.4, -0.2) is 23.6 Å². The van der Waals surface area contributed by atoms with E-state index in [2.05, 4.69) is 30.9 Å². The minimum atomic E-state index is 0.560. The van der Waals surface area contributed by atoms with Crippen LogP contribution in [0.4, 0.5) is 0 Å². The first-order chi connectivity index (χ1) is 6.68. The van der Waals surface area contributed by atoms with Crippen molar-refractivity contribution in [2.24, 2.45) is 11.8 Å². The molecule has 0 spiro atoms. The average molecular weight is 213 g/mol. The predicted molar refractivity (Wildman–Crippen MR) is 64.9 cm³/mol. The van der Waals surface area contributed by atoms with Crippen LogP contribution in [-0.2, 0) is 0 Å². The molecule has 0 aromatic carbocycles. The zero-order valence-corrected chi connectivity index (χ0v) is 10.3. The fourth-order valence-corrected chi connectivity index (χ4v) is 4.23. The molecule has 2 heterocycles. The number of piperidine rings is 1. The zero-order chi connectivity index (χ0) is 10.0. The van der Waals surface area contributed by atoms with Gasteiger partial charge in [0.2, 0.25) is 0 Å². The van der Waals surface area contributed by atoms with E-state index in [9.17, 15) is 0 Å². The van der Waals surface area contributed by atoms with Gasteiger partial charge in [-0.3, -0.25) is 0 Å². The third kappa shape index (κ3) is 2.46. The van der Waals surface area contributed by atoms with E-state index in [1.165, 1.54) is 44.5 Å². The van der Waals surface area contributed by atoms with Gasteiger partial charge in [0.15, 0.2) is 0 Å². The van der Waals surface area contributed by atoms with Gasteiger partial charge in [0.05, 0.1) is 0 Å². The Labute approximate surface area is 92.4 Å². The SMILES string of the molecule is CC1(C)SCCC1CC1CCNCC1. The second kappa shape index (κ2) is 4.44. The summed E-state index contributed by atoms with van der Waals surface area (Å²) in [6, 6.07) is 0. The number of rotatable bonds is 2. The van der Waals surface area contributed by atoms with E-state index in [1.54, 1.807) is 0 Å². The highest BCUT2D eigenvalue weighted by Gasteiger charge is 2.36. The van der Waals surface area contributed by atoms with Crippen molar-refractivity contribution in [2.75, 3.05) is 18.8 Å². The normalized spacial score (nSPS) is 33.4. The van der Waals surface area contributed by atoms with Crippen LogP contribution in [0, 0.1) is 11.8 Å². The molecule has 82 valence electrons. The molecular formula is C12H23NS. The van der Waals surface area contributed by atoms with Gasteiger partial charge in [-0.25, -0.2) is 0 Å². The highest BCUT2D eigenvalue weighted by molar-refractivity contribution is 8.00. The van der Waals surface area contributed by atoms with Crippen LogP contribution in [0.25, 0.3) is 0 Å². The molecule has 14 heavy (non-hydrogen) atoms. The molecule has 1 nitrogen and oxygen atoms in total. The summed E-state index contributed by atoms with van der Waals surface area (Å²) in [4.78, 5) is 0. The van der Waals surface area contributed by atoms with Crippen LogP contribution in [0.5, 0.6) is 0 Å². The van der Waals surface area contributed by atoms with E-state index in [0.29, 0.717) is 4.75 Å². The van der Waals surface area contributed by atoms with Crippen molar-refractivity contribution < 1.29 is 0 Å². The van der Waals surface area contributed by atoms with Crippen molar-refractivity contribution in [3.8, 4) is 0 Å². The van der Waals surface area contributed by atoms with E-state index < -0.39 is 0 Å². The molecule has 0 radical (unpaired) electrons. The maximum absolute atomic E-state index is 3.46. The van der Waals surface area contributed by atoms with E-state index in [4.69, 9.17) is 0 Å². The van der Waals surface area contributed by atoms with Crippen LogP contribution in [0.15, 0.2) is 0 Å². The summed E-state index contributed by atoms with van der Waals surface area (Å²) in [5, 5.41) is 3.46. The Morgan fingerprint density at radius 3 is 2.50 bits per heavy atom. The summed E-state index contributed by atoms with van der Waals surface area (Å²) in [6.07, 6.45) is 5.78. The first kappa shape index (κ1) is 10.8. The molecule has 0 aliphatic carbocycles. The first-order valence-corrected chi connectivity index (χ1v) is 7.02. The second-order valence-electron chi connectivity index (χ2n) is 5.37. The van der Waals surface area contributed by atoms with Gasteiger partial charge in [-0.15, -0.1) is 0 Å². The monoisotopic (exact) mass is 213 g/mol. The second-order valence-corrected chi connectivity index (χ2v) is 7.12. The Balaban J connectivity index is 1.83. The molecule has 2 aliphatic heterocycles. The number of hydrogen-bond acceptors (Lipinski definition) is 2. The third-order valence-corrected chi connectivity index (χ3v) is 5.52. The average Bonchev–Trinajstić information content (AvgIpc) is 2.48. The highest BCUT2D eigenvalue weighted by Crippen LogP contribution is 2.45. The molecule has 0 bridgehead atoms. The molecule has 0 aromatic rings. The summed E-state index contributed by atoms with van der Waals surface area (Å²) >= 11 is 2.18. The van der Waals surface area contributed by atoms with Crippen molar-refractivity contribution >= 4 is 11.8 Å². The topological polar surface area (TPSA) is 12.0 Å². The lowest BCUT2D eigenvalue weighted by Crippen LogP contribution is -2.31. The van der Waals surface area contributed by atoms with Gasteiger partial charge >= 0.3 is 0 Å². The summed E-state index contributed by atoms with van der Waals surface area (Å²) in [5.74, 6) is 3.39. The lowest BCUT2D eigenvalue weighted by molar-refractivity contribution is 0.274. The van der Waals surface area contributed by atoms with Crippen LogP contribution in [0.3, 0.4) is 0 Å². The third-order valence-electron chi connectivity index (χ3n) is 4.00. The van der Waals surface area contributed by atoms with Crippen LogP contribution in [0.2, 0.25) is 0 Å².